The molecule has 4 amide bonds. The second-order valence-corrected chi connectivity index (χ2v) is 6.56. The molecule has 0 unspecified atom stereocenters. The van der Waals surface area contributed by atoms with Crippen molar-refractivity contribution in [2.75, 3.05) is 18.2 Å². The molecule has 96 valence electrons. The molecular weight excluding hydrogens is 284 g/mol. The Hall–Kier alpha value is -1.88. The fraction of sp³-hybridized carbons (Fsp3) is 0.286. The minimum absolute atomic E-state index is 0.247. The number of hydrogen-bond acceptors (Lipinski definition) is 8. The molecule has 0 aliphatic carbocycles. The van der Waals surface area contributed by atoms with E-state index in [0.717, 1.165) is 13.3 Å². The lowest BCUT2D eigenvalue weighted by Gasteiger charge is -2.07. The highest BCUT2D eigenvalue weighted by molar-refractivity contribution is 7.92. The van der Waals surface area contributed by atoms with Gasteiger partial charge in [-0.05, 0) is 0 Å². The normalized spacial score (nSPS) is 16.9. The van der Waals surface area contributed by atoms with Crippen LogP contribution in [0.5, 0.6) is 0 Å². The van der Waals surface area contributed by atoms with Gasteiger partial charge in [-0.3, -0.25) is 14.5 Å². The maximum Gasteiger partial charge on any atom is 0.340 e. The Bertz CT molecular complexity index is 663. The predicted molar refractivity (Wildman–Crippen MR) is 58.7 cm³/mol. The molecule has 0 aromatic carbocycles. The van der Waals surface area contributed by atoms with Crippen LogP contribution in [0.2, 0.25) is 0 Å². The number of likely N-dealkylation sites (N-methyl/N-ethyl adjacent to an activating group) is 1. The summed E-state index contributed by atoms with van der Waals surface area (Å²) in [6.07, 6.45) is 0.919. The molecule has 1 aromatic rings. The van der Waals surface area contributed by atoms with E-state index >= 15 is 0 Å². The molecule has 9 nitrogen and oxygen atoms in total. The number of amides is 4. The first kappa shape index (κ1) is 12.6. The number of imide groups is 2. The van der Waals surface area contributed by atoms with Gasteiger partial charge in [-0.1, -0.05) is 11.3 Å². The first-order chi connectivity index (χ1) is 8.23. The zero-order chi connectivity index (χ0) is 13.7. The molecule has 1 saturated heterocycles. The SMILES string of the molecule is CN1C(=O)C(=O)N(c2nnc(S(C)(=O)=O)s2)C1=O. The zero-order valence-corrected chi connectivity index (χ0v) is 10.8. The smallest absolute Gasteiger partial charge is 0.263 e. The van der Waals surface area contributed by atoms with Crippen molar-refractivity contribution in [1.29, 1.82) is 0 Å². The van der Waals surface area contributed by atoms with E-state index in [2.05, 4.69) is 10.2 Å². The third-order valence-electron chi connectivity index (χ3n) is 2.07. The monoisotopic (exact) mass is 290 g/mol. The summed E-state index contributed by atoms with van der Waals surface area (Å²) in [5.74, 6) is -2.09. The van der Waals surface area contributed by atoms with Crippen molar-refractivity contribution in [3.8, 4) is 0 Å². The molecule has 0 atom stereocenters. The van der Waals surface area contributed by atoms with Crippen LogP contribution in [-0.2, 0) is 19.4 Å². The van der Waals surface area contributed by atoms with Gasteiger partial charge in [0.15, 0.2) is 0 Å². The van der Waals surface area contributed by atoms with E-state index in [0.29, 0.717) is 21.1 Å². The first-order valence-electron chi connectivity index (χ1n) is 4.43. The number of anilines is 1. The van der Waals surface area contributed by atoms with Crippen LogP contribution in [0.15, 0.2) is 4.34 Å². The van der Waals surface area contributed by atoms with E-state index in [1.54, 1.807) is 0 Å². The van der Waals surface area contributed by atoms with Crippen LogP contribution in [0.25, 0.3) is 0 Å². The van der Waals surface area contributed by atoms with Crippen LogP contribution in [0.4, 0.5) is 9.93 Å². The van der Waals surface area contributed by atoms with E-state index in [-0.39, 0.29) is 9.47 Å². The fourth-order valence-electron chi connectivity index (χ4n) is 1.17. The summed E-state index contributed by atoms with van der Waals surface area (Å²) < 4.78 is 22.1. The molecule has 1 fully saturated rings. The molecule has 11 heteroatoms. The highest BCUT2D eigenvalue weighted by Gasteiger charge is 2.45. The van der Waals surface area contributed by atoms with Gasteiger partial charge in [-0.15, -0.1) is 10.2 Å². The Morgan fingerprint density at radius 3 is 2.11 bits per heavy atom. The summed E-state index contributed by atoms with van der Waals surface area (Å²) in [6, 6.07) is -0.888. The molecule has 0 saturated carbocycles. The fourth-order valence-corrected chi connectivity index (χ4v) is 2.76. The van der Waals surface area contributed by atoms with Gasteiger partial charge in [-0.2, -0.15) is 4.90 Å². The molecule has 1 aliphatic rings. The number of urea groups is 1. The molecule has 0 spiro atoms. The first-order valence-corrected chi connectivity index (χ1v) is 7.14. The standard InChI is InChI=1S/C7H6N4O5S2/c1-10-3(12)4(13)11(7(10)14)5-8-9-6(17-5)18(2,15)16/h1-2H3. The Labute approximate surface area is 105 Å². The summed E-state index contributed by atoms with van der Waals surface area (Å²) >= 11 is 0.544. The van der Waals surface area contributed by atoms with E-state index in [1.807, 2.05) is 0 Å². The number of nitrogens with zero attached hydrogens (tertiary/aromatic N) is 4. The number of sulfone groups is 1. The van der Waals surface area contributed by atoms with Gasteiger partial charge in [0.1, 0.15) is 0 Å². The van der Waals surface area contributed by atoms with Crippen LogP contribution in [-0.4, -0.2) is 54.7 Å². The molecule has 1 aromatic heterocycles. The summed E-state index contributed by atoms with van der Waals surface area (Å²) in [4.78, 5) is 35.4. The van der Waals surface area contributed by atoms with Crippen LogP contribution in [0.3, 0.4) is 0 Å². The van der Waals surface area contributed by atoms with Gasteiger partial charge < -0.3 is 0 Å². The Kier molecular flexibility index (Phi) is 2.66. The number of carbonyl (C=O) groups is 3. The highest BCUT2D eigenvalue weighted by atomic mass is 32.2. The lowest BCUT2D eigenvalue weighted by Crippen LogP contribution is -2.31. The predicted octanol–water partition coefficient (Wildman–Crippen LogP) is -1.13. The van der Waals surface area contributed by atoms with E-state index in [9.17, 15) is 22.8 Å². The van der Waals surface area contributed by atoms with Crippen LogP contribution in [0.1, 0.15) is 0 Å². The summed E-state index contributed by atoms with van der Waals surface area (Å²) in [7, 11) is -2.44. The summed E-state index contributed by atoms with van der Waals surface area (Å²) in [5, 5.41) is 6.54. The molecule has 0 radical (unpaired) electrons. The Morgan fingerprint density at radius 1 is 1.11 bits per heavy atom. The van der Waals surface area contributed by atoms with Crippen molar-refractivity contribution in [1.82, 2.24) is 15.1 Å². The molecule has 2 heterocycles. The average molecular weight is 290 g/mol. The van der Waals surface area contributed by atoms with E-state index in [4.69, 9.17) is 0 Å². The second kappa shape index (κ2) is 3.81. The van der Waals surface area contributed by atoms with Crippen molar-refractivity contribution in [3.05, 3.63) is 0 Å². The molecule has 0 N–H and O–H groups in total. The van der Waals surface area contributed by atoms with Crippen molar-refractivity contribution < 1.29 is 22.8 Å². The Morgan fingerprint density at radius 2 is 1.72 bits per heavy atom. The lowest BCUT2D eigenvalue weighted by molar-refractivity contribution is -0.138. The summed E-state index contributed by atoms with van der Waals surface area (Å²) in [6.45, 7) is 0. The third kappa shape index (κ3) is 1.76. The minimum atomic E-state index is -3.58. The third-order valence-corrected chi connectivity index (χ3v) is 4.65. The molecule has 2 rings (SSSR count). The zero-order valence-electron chi connectivity index (χ0n) is 9.15. The molecular formula is C7H6N4O5S2. The van der Waals surface area contributed by atoms with Crippen LogP contribution < -0.4 is 4.90 Å². The van der Waals surface area contributed by atoms with Gasteiger partial charge in [0.05, 0.1) is 0 Å². The van der Waals surface area contributed by atoms with Crippen LogP contribution in [0, 0.1) is 0 Å². The molecule has 0 bridgehead atoms. The number of aromatic nitrogens is 2. The number of carbonyl (C=O) groups excluding carboxylic acids is 3. The van der Waals surface area contributed by atoms with Gasteiger partial charge in [0.2, 0.25) is 19.3 Å². The van der Waals surface area contributed by atoms with Gasteiger partial charge in [0, 0.05) is 13.3 Å². The lowest BCUT2D eigenvalue weighted by atomic mass is 10.6. The quantitative estimate of drug-likeness (QED) is 0.384. The Balaban J connectivity index is 2.45. The number of hydrogen-bond donors (Lipinski definition) is 0. The van der Waals surface area contributed by atoms with Crippen LogP contribution >= 0.6 is 11.3 Å². The van der Waals surface area contributed by atoms with Crippen molar-refractivity contribution >= 4 is 44.2 Å². The maximum atomic E-state index is 11.6. The molecule has 18 heavy (non-hydrogen) atoms. The second-order valence-electron chi connectivity index (χ2n) is 3.41. The van der Waals surface area contributed by atoms with E-state index in [1.165, 1.54) is 0 Å². The largest absolute Gasteiger partial charge is 0.340 e. The van der Waals surface area contributed by atoms with Crippen molar-refractivity contribution in [2.45, 2.75) is 4.34 Å². The van der Waals surface area contributed by atoms with Gasteiger partial charge in [0.25, 0.3) is 0 Å². The summed E-state index contributed by atoms with van der Waals surface area (Å²) in [5.41, 5.74) is 0. The number of rotatable bonds is 2. The topological polar surface area (TPSA) is 118 Å². The average Bonchev–Trinajstić information content (AvgIpc) is 2.81. The maximum absolute atomic E-state index is 11.6. The van der Waals surface area contributed by atoms with E-state index < -0.39 is 27.7 Å². The highest BCUT2D eigenvalue weighted by Crippen LogP contribution is 2.27. The minimum Gasteiger partial charge on any atom is -0.263 e. The van der Waals surface area contributed by atoms with Gasteiger partial charge >= 0.3 is 17.8 Å². The van der Waals surface area contributed by atoms with Crippen molar-refractivity contribution in [2.24, 2.45) is 0 Å². The molecule has 1 aliphatic heterocycles. The van der Waals surface area contributed by atoms with Gasteiger partial charge in [-0.25, -0.2) is 13.2 Å². The van der Waals surface area contributed by atoms with Crippen molar-refractivity contribution in [3.63, 3.8) is 0 Å².